The van der Waals surface area contributed by atoms with Crippen LogP contribution < -0.4 is 10.6 Å². The van der Waals surface area contributed by atoms with Gasteiger partial charge in [0, 0.05) is 29.5 Å². The van der Waals surface area contributed by atoms with Gasteiger partial charge >= 0.3 is 0 Å². The first-order valence-electron chi connectivity index (χ1n) is 6.46. The van der Waals surface area contributed by atoms with E-state index in [1.165, 1.54) is 11.1 Å². The van der Waals surface area contributed by atoms with Gasteiger partial charge in [-0.2, -0.15) is 0 Å². The Hall–Kier alpha value is -1.67. The van der Waals surface area contributed by atoms with Crippen LogP contribution in [0, 0.1) is 13.8 Å². The maximum absolute atomic E-state index is 5.99. The van der Waals surface area contributed by atoms with Gasteiger partial charge in [0.15, 0.2) is 0 Å². The molecule has 0 aliphatic carbocycles. The van der Waals surface area contributed by atoms with Gasteiger partial charge in [0.2, 0.25) is 0 Å². The molecule has 3 heteroatoms. The first-order valence-corrected chi connectivity index (χ1v) is 6.83. The monoisotopic (exact) mass is 274 g/mol. The Kier molecular flexibility index (Phi) is 4.69. The molecule has 0 saturated heterocycles. The molecule has 2 nitrogen and oxygen atoms in total. The van der Waals surface area contributed by atoms with Crippen molar-refractivity contribution in [2.45, 2.75) is 13.8 Å². The lowest BCUT2D eigenvalue weighted by Crippen LogP contribution is -2.14. The lowest BCUT2D eigenvalue weighted by molar-refractivity contribution is 1.07. The summed E-state index contributed by atoms with van der Waals surface area (Å²) in [6, 6.07) is 14.3. The molecule has 2 aromatic rings. The first kappa shape index (κ1) is 13.8. The van der Waals surface area contributed by atoms with E-state index in [1.54, 1.807) is 0 Å². The zero-order valence-corrected chi connectivity index (χ0v) is 12.1. The second-order valence-corrected chi connectivity index (χ2v) is 5.12. The number of aryl methyl sites for hydroxylation is 2. The van der Waals surface area contributed by atoms with Gasteiger partial charge in [-0.3, -0.25) is 0 Å². The van der Waals surface area contributed by atoms with E-state index in [-0.39, 0.29) is 0 Å². The van der Waals surface area contributed by atoms with Gasteiger partial charge in [0.25, 0.3) is 0 Å². The second kappa shape index (κ2) is 6.48. The molecular weight excluding hydrogens is 256 g/mol. The van der Waals surface area contributed by atoms with E-state index in [4.69, 9.17) is 11.6 Å². The third kappa shape index (κ3) is 4.18. The molecule has 2 aromatic carbocycles. The Balaban J connectivity index is 1.82. The lowest BCUT2D eigenvalue weighted by Gasteiger charge is -2.11. The number of nitrogens with one attached hydrogen (secondary N) is 2. The summed E-state index contributed by atoms with van der Waals surface area (Å²) >= 11 is 5.99. The van der Waals surface area contributed by atoms with Crippen LogP contribution in [-0.4, -0.2) is 13.1 Å². The standard InChI is InChI=1S/C16H19ClN2/c1-12-4-3-5-15(10-12)18-8-9-19-16-11-14(17)7-6-13(16)2/h3-7,10-11,18-19H,8-9H2,1-2H3. The zero-order valence-electron chi connectivity index (χ0n) is 11.3. The summed E-state index contributed by atoms with van der Waals surface area (Å²) in [4.78, 5) is 0. The fourth-order valence-electron chi connectivity index (χ4n) is 1.94. The molecule has 19 heavy (non-hydrogen) atoms. The van der Waals surface area contributed by atoms with Crippen molar-refractivity contribution in [1.29, 1.82) is 0 Å². The third-order valence-electron chi connectivity index (χ3n) is 2.99. The summed E-state index contributed by atoms with van der Waals surface area (Å²) in [5.74, 6) is 0. The molecular formula is C16H19ClN2. The van der Waals surface area contributed by atoms with Crippen molar-refractivity contribution in [2.24, 2.45) is 0 Å². The molecule has 0 saturated carbocycles. The topological polar surface area (TPSA) is 24.1 Å². The molecule has 0 heterocycles. The van der Waals surface area contributed by atoms with Crippen molar-refractivity contribution in [3.05, 3.63) is 58.6 Å². The zero-order chi connectivity index (χ0) is 13.7. The van der Waals surface area contributed by atoms with Crippen LogP contribution in [-0.2, 0) is 0 Å². The molecule has 0 radical (unpaired) electrons. The second-order valence-electron chi connectivity index (χ2n) is 4.68. The SMILES string of the molecule is Cc1cccc(NCCNc2cc(Cl)ccc2C)c1. The Morgan fingerprint density at radius 3 is 2.53 bits per heavy atom. The molecule has 0 bridgehead atoms. The number of rotatable bonds is 5. The first-order chi connectivity index (χ1) is 9.15. The van der Waals surface area contributed by atoms with Gasteiger partial charge in [-0.05, 0) is 49.2 Å². The minimum Gasteiger partial charge on any atom is -0.383 e. The van der Waals surface area contributed by atoms with E-state index in [0.717, 1.165) is 29.5 Å². The number of anilines is 2. The predicted molar refractivity (Wildman–Crippen MR) is 84.3 cm³/mol. The van der Waals surface area contributed by atoms with Crippen LogP contribution in [0.5, 0.6) is 0 Å². The molecule has 0 aliphatic rings. The summed E-state index contributed by atoms with van der Waals surface area (Å²) in [6.45, 7) is 5.90. The van der Waals surface area contributed by atoms with Crippen molar-refractivity contribution >= 4 is 23.0 Å². The Morgan fingerprint density at radius 2 is 1.74 bits per heavy atom. The highest BCUT2D eigenvalue weighted by atomic mass is 35.5. The molecule has 0 unspecified atom stereocenters. The number of halogens is 1. The Labute approximate surface area is 119 Å². The van der Waals surface area contributed by atoms with E-state index >= 15 is 0 Å². The quantitative estimate of drug-likeness (QED) is 0.786. The average Bonchev–Trinajstić information content (AvgIpc) is 2.39. The number of benzene rings is 2. The van der Waals surface area contributed by atoms with Crippen LogP contribution in [0.2, 0.25) is 5.02 Å². The fraction of sp³-hybridized carbons (Fsp3) is 0.250. The molecule has 0 amide bonds. The van der Waals surface area contributed by atoms with Crippen molar-refractivity contribution in [3.63, 3.8) is 0 Å². The highest BCUT2D eigenvalue weighted by molar-refractivity contribution is 6.30. The van der Waals surface area contributed by atoms with Crippen molar-refractivity contribution in [1.82, 2.24) is 0 Å². The summed E-state index contributed by atoms with van der Waals surface area (Å²) in [5.41, 5.74) is 4.73. The van der Waals surface area contributed by atoms with E-state index < -0.39 is 0 Å². The predicted octanol–water partition coefficient (Wildman–Crippen LogP) is 4.48. The van der Waals surface area contributed by atoms with Gasteiger partial charge < -0.3 is 10.6 Å². The van der Waals surface area contributed by atoms with Crippen molar-refractivity contribution in [2.75, 3.05) is 23.7 Å². The Bertz CT molecular complexity index is 552. The molecule has 0 aromatic heterocycles. The minimum atomic E-state index is 0.764. The van der Waals surface area contributed by atoms with E-state index in [2.05, 4.69) is 48.7 Å². The van der Waals surface area contributed by atoms with Crippen LogP contribution in [0.25, 0.3) is 0 Å². The maximum Gasteiger partial charge on any atom is 0.0426 e. The van der Waals surface area contributed by atoms with Gasteiger partial charge in [-0.1, -0.05) is 29.8 Å². The summed E-state index contributed by atoms with van der Waals surface area (Å²) in [7, 11) is 0. The summed E-state index contributed by atoms with van der Waals surface area (Å²) < 4.78 is 0. The number of hydrogen-bond donors (Lipinski definition) is 2. The van der Waals surface area contributed by atoms with Crippen LogP contribution in [0.4, 0.5) is 11.4 Å². The van der Waals surface area contributed by atoms with Crippen LogP contribution in [0.15, 0.2) is 42.5 Å². The third-order valence-corrected chi connectivity index (χ3v) is 3.22. The van der Waals surface area contributed by atoms with Gasteiger partial charge in [0.05, 0.1) is 0 Å². The van der Waals surface area contributed by atoms with Crippen molar-refractivity contribution in [3.8, 4) is 0 Å². The minimum absolute atomic E-state index is 0.764. The maximum atomic E-state index is 5.99. The van der Waals surface area contributed by atoms with Gasteiger partial charge in [0.1, 0.15) is 0 Å². The Morgan fingerprint density at radius 1 is 0.947 bits per heavy atom. The van der Waals surface area contributed by atoms with Crippen LogP contribution in [0.1, 0.15) is 11.1 Å². The average molecular weight is 275 g/mol. The normalized spacial score (nSPS) is 10.3. The van der Waals surface area contributed by atoms with Gasteiger partial charge in [-0.15, -0.1) is 0 Å². The molecule has 0 aliphatic heterocycles. The molecule has 2 rings (SSSR count). The molecule has 100 valence electrons. The smallest absolute Gasteiger partial charge is 0.0426 e. The summed E-state index contributed by atoms with van der Waals surface area (Å²) in [6.07, 6.45) is 0. The molecule has 2 N–H and O–H groups in total. The molecule has 0 fully saturated rings. The largest absolute Gasteiger partial charge is 0.383 e. The summed E-state index contributed by atoms with van der Waals surface area (Å²) in [5, 5.41) is 7.55. The van der Waals surface area contributed by atoms with Crippen LogP contribution >= 0.6 is 11.6 Å². The van der Waals surface area contributed by atoms with Gasteiger partial charge in [-0.25, -0.2) is 0 Å². The lowest BCUT2D eigenvalue weighted by atomic mass is 10.2. The fourth-order valence-corrected chi connectivity index (χ4v) is 2.12. The molecule has 0 spiro atoms. The molecule has 0 atom stereocenters. The van der Waals surface area contributed by atoms with Crippen LogP contribution in [0.3, 0.4) is 0 Å². The van der Waals surface area contributed by atoms with E-state index in [0.29, 0.717) is 0 Å². The van der Waals surface area contributed by atoms with E-state index in [1.807, 2.05) is 18.2 Å². The highest BCUT2D eigenvalue weighted by Crippen LogP contribution is 2.19. The van der Waals surface area contributed by atoms with Crippen molar-refractivity contribution < 1.29 is 0 Å². The highest BCUT2D eigenvalue weighted by Gasteiger charge is 1.98. The van der Waals surface area contributed by atoms with E-state index in [9.17, 15) is 0 Å². The number of hydrogen-bond acceptors (Lipinski definition) is 2.